The second-order valence-electron chi connectivity index (χ2n) is 19.6. The van der Waals surface area contributed by atoms with E-state index in [1.165, 1.54) is 22.3 Å². The van der Waals surface area contributed by atoms with Gasteiger partial charge in [-0.05, 0) is 97.5 Å². The van der Waals surface area contributed by atoms with E-state index in [-0.39, 0.29) is 31.9 Å². The van der Waals surface area contributed by atoms with Crippen LogP contribution in [0.3, 0.4) is 0 Å². The first-order chi connectivity index (χ1) is 31.2. The first kappa shape index (κ1) is 44.6. The van der Waals surface area contributed by atoms with E-state index in [0.717, 1.165) is 72.3 Å². The van der Waals surface area contributed by atoms with Gasteiger partial charge in [-0.15, -0.1) is 29.7 Å². The number of aryl methyl sites for hydroxylation is 1. The molecule has 66 heavy (non-hydrogen) atoms. The van der Waals surface area contributed by atoms with Crippen molar-refractivity contribution in [2.75, 3.05) is 0 Å². The second kappa shape index (κ2) is 17.3. The van der Waals surface area contributed by atoms with Crippen molar-refractivity contribution in [1.29, 1.82) is 0 Å². The van der Waals surface area contributed by atoms with Crippen molar-refractivity contribution in [2.45, 2.75) is 79.1 Å². The molecule has 10 rings (SSSR count). The van der Waals surface area contributed by atoms with Gasteiger partial charge < -0.3 is 13.9 Å². The normalized spacial score (nSPS) is 12.0. The fourth-order valence-corrected chi connectivity index (χ4v) is 9.01. The van der Waals surface area contributed by atoms with Crippen molar-refractivity contribution >= 4 is 32.8 Å². The summed E-state index contributed by atoms with van der Waals surface area (Å²) in [5.41, 5.74) is 15.4. The standard InChI is InChI=1S/C60H54N4O.Pt/c1-39(2)42-30-31-61-56(34-42)64-53-26-14-13-23-51(53)52-29-28-48(37-55(52)64)65-47-22-16-21-46(36-47)62-38-63(57-40(3)18-15-27-54(57)62)58-49(41-19-11-10-12-20-41)24-17-25-50(58)43-32-44(59(4,5)6)35-45(33-43)60(7,8)9;/h10-35,39H,1-9H3;/q-2;. The molecular weight excluding hydrogens is 988 g/mol. The molecule has 0 amide bonds. The van der Waals surface area contributed by atoms with Crippen LogP contribution >= 0.6 is 0 Å². The Morgan fingerprint density at radius 2 is 1.26 bits per heavy atom. The summed E-state index contributed by atoms with van der Waals surface area (Å²) in [4.78, 5) is 4.84. The number of hydrogen-bond donors (Lipinski definition) is 0. The smallest absolute Gasteiger partial charge is 0.268 e. The van der Waals surface area contributed by atoms with Gasteiger partial charge in [-0.25, -0.2) is 4.98 Å². The zero-order chi connectivity index (χ0) is 45.2. The van der Waals surface area contributed by atoms with E-state index in [2.05, 4.69) is 228 Å². The van der Waals surface area contributed by atoms with E-state index in [1.807, 2.05) is 24.4 Å². The van der Waals surface area contributed by atoms with Gasteiger partial charge in [0.2, 0.25) is 0 Å². The zero-order valence-corrected chi connectivity index (χ0v) is 41.4. The van der Waals surface area contributed by atoms with E-state index in [1.54, 1.807) is 0 Å². The summed E-state index contributed by atoms with van der Waals surface area (Å²) >= 11 is 0. The molecule has 3 heterocycles. The summed E-state index contributed by atoms with van der Waals surface area (Å²) in [5, 5.41) is 2.23. The monoisotopic (exact) mass is 1040 g/mol. The Hall–Kier alpha value is -6.55. The molecule has 332 valence electrons. The van der Waals surface area contributed by atoms with Crippen LogP contribution in [-0.2, 0) is 31.9 Å². The van der Waals surface area contributed by atoms with Crippen molar-refractivity contribution in [2.24, 2.45) is 0 Å². The summed E-state index contributed by atoms with van der Waals surface area (Å²) in [6.45, 7) is 20.4. The predicted molar refractivity (Wildman–Crippen MR) is 267 cm³/mol. The summed E-state index contributed by atoms with van der Waals surface area (Å²) in [5.74, 6) is 2.40. The van der Waals surface area contributed by atoms with Crippen LogP contribution in [0.1, 0.15) is 83.6 Å². The molecule has 0 aliphatic carbocycles. The molecule has 0 aliphatic heterocycles. The van der Waals surface area contributed by atoms with Crippen molar-refractivity contribution in [3.63, 3.8) is 0 Å². The van der Waals surface area contributed by atoms with Crippen LogP contribution < -0.4 is 9.30 Å². The minimum absolute atomic E-state index is 0. The number of nitrogens with zero attached hydrogens (tertiary/aromatic N) is 4. The van der Waals surface area contributed by atoms with Crippen LogP contribution in [0.15, 0.2) is 158 Å². The number of benzene rings is 7. The third-order valence-electron chi connectivity index (χ3n) is 12.6. The predicted octanol–water partition coefficient (Wildman–Crippen LogP) is 15.0. The maximum atomic E-state index is 6.68. The molecule has 0 unspecified atom stereocenters. The molecule has 3 aromatic heterocycles. The number of pyridine rings is 1. The first-order valence-corrected chi connectivity index (χ1v) is 22.7. The molecule has 0 spiro atoms. The third-order valence-corrected chi connectivity index (χ3v) is 12.6. The quantitative estimate of drug-likeness (QED) is 0.112. The van der Waals surface area contributed by atoms with E-state index in [4.69, 9.17) is 9.72 Å². The van der Waals surface area contributed by atoms with Gasteiger partial charge in [-0.2, -0.15) is 18.2 Å². The summed E-state index contributed by atoms with van der Waals surface area (Å²) in [6, 6.07) is 61.2. The van der Waals surface area contributed by atoms with Crippen molar-refractivity contribution in [1.82, 2.24) is 14.1 Å². The molecule has 10 aromatic rings. The number of imidazole rings is 1. The Bertz CT molecular complexity index is 3390. The average molecular weight is 1040 g/mol. The number of aromatic nitrogens is 4. The van der Waals surface area contributed by atoms with E-state index in [9.17, 15) is 0 Å². The largest absolute Gasteiger partial charge is 0.510 e. The van der Waals surface area contributed by atoms with Gasteiger partial charge in [0.1, 0.15) is 5.82 Å². The molecule has 0 radical (unpaired) electrons. The molecule has 6 heteroatoms. The van der Waals surface area contributed by atoms with Gasteiger partial charge in [-0.1, -0.05) is 164 Å². The fourth-order valence-electron chi connectivity index (χ4n) is 9.01. The Morgan fingerprint density at radius 1 is 0.606 bits per heavy atom. The molecule has 0 saturated heterocycles. The van der Waals surface area contributed by atoms with Crippen molar-refractivity contribution < 1.29 is 30.4 Å². The van der Waals surface area contributed by atoms with Crippen molar-refractivity contribution in [3.8, 4) is 50.9 Å². The third kappa shape index (κ3) is 8.20. The molecule has 0 atom stereocenters. The van der Waals surface area contributed by atoms with E-state index < -0.39 is 0 Å². The van der Waals surface area contributed by atoms with E-state index >= 15 is 0 Å². The Kier molecular flexibility index (Phi) is 11.7. The Morgan fingerprint density at radius 3 is 1.98 bits per heavy atom. The van der Waals surface area contributed by atoms with Gasteiger partial charge >= 0.3 is 0 Å². The van der Waals surface area contributed by atoms with Crippen molar-refractivity contribution in [3.05, 3.63) is 199 Å². The fraction of sp³-hybridized carbons (Fsp3) is 0.200. The summed E-state index contributed by atoms with van der Waals surface area (Å²) < 4.78 is 13.3. The van der Waals surface area contributed by atoms with Crippen LogP contribution in [0.5, 0.6) is 11.5 Å². The summed E-state index contributed by atoms with van der Waals surface area (Å²) in [6.07, 6.45) is 5.77. The van der Waals surface area contributed by atoms with Crippen LogP contribution in [0.2, 0.25) is 0 Å². The number of fused-ring (bicyclic) bond motifs is 4. The SMILES string of the molecule is Cc1cccc2c1[n+](-c1c(-c3ccccc3)cccc1-c1cc(C(C)(C)C)cc(C(C)(C)C)c1)[c-]n2-c1[c-]c(Oc2[c-]c3c(cc2)c2ccccc2n3-c2cc(C(C)C)ccn2)ccc1.[Pt]. The maximum Gasteiger partial charge on any atom is 0.268 e. The topological polar surface area (TPSA) is 35.9 Å². The van der Waals surface area contributed by atoms with Crippen LogP contribution in [0.4, 0.5) is 0 Å². The molecule has 0 saturated carbocycles. The van der Waals surface area contributed by atoms with Gasteiger partial charge in [0.25, 0.3) is 6.33 Å². The number of para-hydroxylation sites is 3. The maximum absolute atomic E-state index is 6.68. The Balaban J connectivity index is 0.00000548. The van der Waals surface area contributed by atoms with Gasteiger partial charge in [0.05, 0.1) is 16.7 Å². The second-order valence-corrected chi connectivity index (χ2v) is 19.6. The molecule has 0 N–H and O–H groups in total. The molecule has 0 aliphatic rings. The number of ether oxygens (including phenoxy) is 1. The van der Waals surface area contributed by atoms with Crippen LogP contribution in [-0.4, -0.2) is 14.1 Å². The van der Waals surface area contributed by atoms with Gasteiger partial charge in [0, 0.05) is 44.3 Å². The van der Waals surface area contributed by atoms with Crippen LogP contribution in [0, 0.1) is 25.4 Å². The van der Waals surface area contributed by atoms with Gasteiger partial charge in [0.15, 0.2) is 0 Å². The Labute approximate surface area is 403 Å². The number of rotatable bonds is 8. The first-order valence-electron chi connectivity index (χ1n) is 22.7. The molecule has 0 fully saturated rings. The van der Waals surface area contributed by atoms with Crippen LogP contribution in [0.25, 0.3) is 72.3 Å². The minimum atomic E-state index is -0.0411. The molecule has 7 aromatic carbocycles. The minimum Gasteiger partial charge on any atom is -0.510 e. The number of hydrogen-bond acceptors (Lipinski definition) is 2. The molecule has 5 nitrogen and oxygen atoms in total. The summed E-state index contributed by atoms with van der Waals surface area (Å²) in [7, 11) is 0. The molecule has 0 bridgehead atoms. The average Bonchev–Trinajstić information content (AvgIpc) is 3.85. The van der Waals surface area contributed by atoms with Gasteiger partial charge in [-0.3, -0.25) is 4.57 Å². The van der Waals surface area contributed by atoms with E-state index in [0.29, 0.717) is 17.4 Å². The zero-order valence-electron chi connectivity index (χ0n) is 39.1. The molecular formula is C60H54N4OPt-2.